The molecule has 0 aromatic heterocycles. The minimum atomic E-state index is -3.25. The highest BCUT2D eigenvalue weighted by Crippen LogP contribution is 2.33. The first-order valence-corrected chi connectivity index (χ1v) is 10.3. The molecule has 138 valence electrons. The Morgan fingerprint density at radius 3 is 2.58 bits per heavy atom. The number of methoxy groups -OCH3 is 1. The van der Waals surface area contributed by atoms with Crippen LogP contribution < -0.4 is 10.1 Å². The molecule has 1 saturated heterocycles. The van der Waals surface area contributed by atoms with E-state index in [0.29, 0.717) is 12.2 Å². The zero-order chi connectivity index (χ0) is 18.7. The first kappa shape index (κ1) is 18.3. The van der Waals surface area contributed by atoms with E-state index < -0.39 is 9.84 Å². The molecule has 0 spiro atoms. The number of anilines is 1. The average molecular weight is 374 g/mol. The molecule has 2 amide bonds. The van der Waals surface area contributed by atoms with Crippen LogP contribution in [0.15, 0.2) is 53.4 Å². The van der Waals surface area contributed by atoms with E-state index in [0.717, 1.165) is 30.4 Å². The number of hydrogen-bond donors (Lipinski definition) is 1. The van der Waals surface area contributed by atoms with Crippen molar-refractivity contribution in [3.8, 4) is 5.75 Å². The number of sulfone groups is 1. The lowest BCUT2D eigenvalue weighted by Gasteiger charge is -2.25. The maximum Gasteiger partial charge on any atom is 0.322 e. The molecule has 0 unspecified atom stereocenters. The Labute approximate surface area is 153 Å². The molecule has 3 rings (SSSR count). The lowest BCUT2D eigenvalue weighted by Crippen LogP contribution is -2.34. The van der Waals surface area contributed by atoms with Crippen molar-refractivity contribution < 1.29 is 17.9 Å². The summed E-state index contributed by atoms with van der Waals surface area (Å²) in [6.45, 7) is 0.676. The van der Waals surface area contributed by atoms with Crippen molar-refractivity contribution in [3.63, 3.8) is 0 Å². The zero-order valence-corrected chi connectivity index (χ0v) is 15.6. The number of carbonyl (C=O) groups is 1. The van der Waals surface area contributed by atoms with Gasteiger partial charge in [-0.15, -0.1) is 0 Å². The Morgan fingerprint density at radius 2 is 1.92 bits per heavy atom. The molecular weight excluding hydrogens is 352 g/mol. The zero-order valence-electron chi connectivity index (χ0n) is 14.8. The van der Waals surface area contributed by atoms with E-state index in [9.17, 15) is 13.2 Å². The molecule has 0 saturated carbocycles. The standard InChI is InChI=1S/C19H22N2O4S/c1-25-16-6-3-5-14(13-16)18-7-4-12-21(18)19(22)20-15-8-10-17(11-9-15)26(2,23)24/h3,5-6,8-11,13,18H,4,7,12H2,1-2H3,(H,20,22)/t18-/m0/s1. The van der Waals surface area contributed by atoms with Crippen LogP contribution in [0.2, 0.25) is 0 Å². The van der Waals surface area contributed by atoms with Crippen LogP contribution in [-0.2, 0) is 9.84 Å². The maximum atomic E-state index is 12.7. The third-order valence-corrected chi connectivity index (χ3v) is 5.65. The number of likely N-dealkylation sites (tertiary alicyclic amines) is 1. The monoisotopic (exact) mass is 374 g/mol. The van der Waals surface area contributed by atoms with Crippen molar-refractivity contribution in [2.45, 2.75) is 23.8 Å². The molecule has 1 aliphatic rings. The van der Waals surface area contributed by atoms with Crippen LogP contribution in [0, 0.1) is 0 Å². The molecule has 6 nitrogen and oxygen atoms in total. The molecule has 26 heavy (non-hydrogen) atoms. The van der Waals surface area contributed by atoms with Gasteiger partial charge in [0.2, 0.25) is 0 Å². The van der Waals surface area contributed by atoms with Gasteiger partial charge in [0.05, 0.1) is 18.0 Å². The topological polar surface area (TPSA) is 75.7 Å². The van der Waals surface area contributed by atoms with Gasteiger partial charge in [-0.1, -0.05) is 12.1 Å². The van der Waals surface area contributed by atoms with Gasteiger partial charge in [0.15, 0.2) is 9.84 Å². The Morgan fingerprint density at radius 1 is 1.19 bits per heavy atom. The first-order valence-electron chi connectivity index (χ1n) is 8.40. The summed E-state index contributed by atoms with van der Waals surface area (Å²) in [5.74, 6) is 0.770. The van der Waals surface area contributed by atoms with Crippen molar-refractivity contribution in [1.82, 2.24) is 4.90 Å². The van der Waals surface area contributed by atoms with Gasteiger partial charge in [0.25, 0.3) is 0 Å². The van der Waals surface area contributed by atoms with Crippen LogP contribution in [0.5, 0.6) is 5.75 Å². The highest BCUT2D eigenvalue weighted by Gasteiger charge is 2.30. The number of hydrogen-bond acceptors (Lipinski definition) is 4. The molecule has 0 bridgehead atoms. The fourth-order valence-electron chi connectivity index (χ4n) is 3.19. The quantitative estimate of drug-likeness (QED) is 0.889. The fraction of sp³-hybridized carbons (Fsp3) is 0.316. The normalized spacial score (nSPS) is 17.2. The smallest absolute Gasteiger partial charge is 0.322 e. The van der Waals surface area contributed by atoms with Gasteiger partial charge in [-0.25, -0.2) is 13.2 Å². The first-order chi connectivity index (χ1) is 12.4. The van der Waals surface area contributed by atoms with E-state index in [1.165, 1.54) is 12.1 Å². The number of rotatable bonds is 4. The summed E-state index contributed by atoms with van der Waals surface area (Å²) in [4.78, 5) is 14.7. The summed E-state index contributed by atoms with van der Waals surface area (Å²) in [5, 5.41) is 2.85. The Hall–Kier alpha value is -2.54. The summed E-state index contributed by atoms with van der Waals surface area (Å²) >= 11 is 0. The second-order valence-corrected chi connectivity index (χ2v) is 8.37. The van der Waals surface area contributed by atoms with Gasteiger partial charge >= 0.3 is 6.03 Å². The Kier molecular flexibility index (Phi) is 5.18. The van der Waals surface area contributed by atoms with Crippen molar-refractivity contribution in [1.29, 1.82) is 0 Å². The summed E-state index contributed by atoms with van der Waals surface area (Å²) in [6.07, 6.45) is 2.99. The van der Waals surface area contributed by atoms with Crippen molar-refractivity contribution in [3.05, 3.63) is 54.1 Å². The number of benzene rings is 2. The third-order valence-electron chi connectivity index (χ3n) is 4.53. The van der Waals surface area contributed by atoms with Crippen LogP contribution in [-0.4, -0.2) is 39.3 Å². The molecule has 0 aliphatic carbocycles. The third kappa shape index (κ3) is 3.99. The molecule has 1 heterocycles. The maximum absolute atomic E-state index is 12.7. The van der Waals surface area contributed by atoms with Gasteiger partial charge in [-0.2, -0.15) is 0 Å². The molecule has 1 fully saturated rings. The van der Waals surface area contributed by atoms with E-state index in [1.54, 1.807) is 24.1 Å². The largest absolute Gasteiger partial charge is 0.497 e. The van der Waals surface area contributed by atoms with E-state index in [4.69, 9.17) is 4.74 Å². The van der Waals surface area contributed by atoms with Crippen LogP contribution in [0.4, 0.5) is 10.5 Å². The molecule has 7 heteroatoms. The number of ether oxygens (including phenoxy) is 1. The molecule has 1 atom stereocenters. The second-order valence-electron chi connectivity index (χ2n) is 6.35. The number of urea groups is 1. The highest BCUT2D eigenvalue weighted by molar-refractivity contribution is 7.90. The molecule has 1 aliphatic heterocycles. The SMILES string of the molecule is COc1cccc([C@@H]2CCCN2C(=O)Nc2ccc(S(C)(=O)=O)cc2)c1. The van der Waals surface area contributed by atoms with Crippen molar-refractivity contribution >= 4 is 21.6 Å². The van der Waals surface area contributed by atoms with Gasteiger partial charge in [-0.3, -0.25) is 0 Å². The molecule has 1 N–H and O–H groups in total. The minimum Gasteiger partial charge on any atom is -0.497 e. The highest BCUT2D eigenvalue weighted by atomic mass is 32.2. The van der Waals surface area contributed by atoms with Gasteiger partial charge < -0.3 is 15.0 Å². The van der Waals surface area contributed by atoms with E-state index in [-0.39, 0.29) is 17.0 Å². The number of nitrogens with one attached hydrogen (secondary N) is 1. The minimum absolute atomic E-state index is 0.000364. The van der Waals surface area contributed by atoms with Gasteiger partial charge in [0, 0.05) is 18.5 Å². The summed E-state index contributed by atoms with van der Waals surface area (Å²) in [5.41, 5.74) is 1.61. The van der Waals surface area contributed by atoms with Crippen LogP contribution in [0.1, 0.15) is 24.4 Å². The van der Waals surface area contributed by atoms with Crippen molar-refractivity contribution in [2.75, 3.05) is 25.2 Å². The lowest BCUT2D eigenvalue weighted by molar-refractivity contribution is 0.207. The molecule has 2 aromatic carbocycles. The molecule has 2 aromatic rings. The van der Waals surface area contributed by atoms with Crippen molar-refractivity contribution in [2.24, 2.45) is 0 Å². The molecule has 0 radical (unpaired) electrons. The Bertz CT molecular complexity index is 894. The number of carbonyl (C=O) groups excluding carboxylic acids is 1. The number of nitrogens with zero attached hydrogens (tertiary/aromatic N) is 1. The van der Waals surface area contributed by atoms with Crippen LogP contribution in [0.3, 0.4) is 0 Å². The summed E-state index contributed by atoms with van der Waals surface area (Å²) < 4.78 is 28.3. The summed E-state index contributed by atoms with van der Waals surface area (Å²) in [6, 6.07) is 13.8. The lowest BCUT2D eigenvalue weighted by atomic mass is 10.0. The van der Waals surface area contributed by atoms with Crippen LogP contribution in [0.25, 0.3) is 0 Å². The average Bonchev–Trinajstić information content (AvgIpc) is 3.11. The second kappa shape index (κ2) is 7.37. The van der Waals surface area contributed by atoms with Gasteiger partial charge in [0.1, 0.15) is 5.75 Å². The fourth-order valence-corrected chi connectivity index (χ4v) is 3.82. The molecular formula is C19H22N2O4S. The predicted molar refractivity (Wildman–Crippen MR) is 100 cm³/mol. The predicted octanol–water partition coefficient (Wildman–Crippen LogP) is 3.47. The number of amides is 2. The van der Waals surface area contributed by atoms with E-state index in [1.807, 2.05) is 24.3 Å². The van der Waals surface area contributed by atoms with Gasteiger partial charge in [-0.05, 0) is 54.8 Å². The van der Waals surface area contributed by atoms with Crippen LogP contribution >= 0.6 is 0 Å². The Balaban J connectivity index is 1.74. The van der Waals surface area contributed by atoms with E-state index >= 15 is 0 Å². The van der Waals surface area contributed by atoms with E-state index in [2.05, 4.69) is 5.32 Å². The summed E-state index contributed by atoms with van der Waals surface area (Å²) in [7, 11) is -1.63.